The molecule has 0 aliphatic carbocycles. The topological polar surface area (TPSA) is 18.5 Å². The third kappa shape index (κ3) is 4.13. The fourth-order valence-corrected chi connectivity index (χ4v) is 3.83. The van der Waals surface area contributed by atoms with Gasteiger partial charge in [0.25, 0.3) is 0 Å². The minimum absolute atomic E-state index is 0.441. The largest absolute Gasteiger partial charge is 0.490 e. The van der Waals surface area contributed by atoms with E-state index in [1.54, 1.807) is 11.3 Å². The van der Waals surface area contributed by atoms with Gasteiger partial charge >= 0.3 is 0 Å². The molecular formula is C14H13Br2ClO2S. The number of alkyl halides is 1. The van der Waals surface area contributed by atoms with Gasteiger partial charge < -0.3 is 9.47 Å². The molecule has 0 aliphatic rings. The summed E-state index contributed by atoms with van der Waals surface area (Å²) >= 11 is 14.5. The van der Waals surface area contributed by atoms with Gasteiger partial charge in [0.2, 0.25) is 0 Å². The van der Waals surface area contributed by atoms with E-state index in [9.17, 15) is 0 Å². The predicted octanol–water partition coefficient (Wildman–Crippen LogP) is 5.99. The first-order chi connectivity index (χ1) is 9.63. The molecule has 0 atom stereocenters. The summed E-state index contributed by atoms with van der Waals surface area (Å²) in [6.45, 7) is 3.04. The minimum Gasteiger partial charge on any atom is -0.490 e. The zero-order valence-corrected chi connectivity index (χ0v) is 15.5. The average Bonchev–Trinajstić information content (AvgIpc) is 2.83. The van der Waals surface area contributed by atoms with Crippen LogP contribution in [0.25, 0.3) is 0 Å². The van der Waals surface area contributed by atoms with Crippen LogP contribution in [0.1, 0.15) is 17.4 Å². The smallest absolute Gasteiger partial charge is 0.175 e. The van der Waals surface area contributed by atoms with Gasteiger partial charge in [-0.05, 0) is 68.6 Å². The quantitative estimate of drug-likeness (QED) is 0.514. The molecule has 0 saturated heterocycles. The number of benzene rings is 1. The summed E-state index contributed by atoms with van der Waals surface area (Å²) in [5.41, 5.74) is 0.994. The Morgan fingerprint density at radius 1 is 1.20 bits per heavy atom. The van der Waals surface area contributed by atoms with Gasteiger partial charge in [0.15, 0.2) is 11.5 Å². The molecule has 0 saturated carbocycles. The monoisotopic (exact) mass is 438 g/mol. The molecule has 1 heterocycles. The summed E-state index contributed by atoms with van der Waals surface area (Å²) in [6, 6.07) is 7.92. The first-order valence-corrected chi connectivity index (χ1v) is 8.96. The Hall–Kier alpha value is -0.230. The van der Waals surface area contributed by atoms with Crippen LogP contribution >= 0.6 is 54.8 Å². The zero-order chi connectivity index (χ0) is 14.5. The molecule has 108 valence electrons. The van der Waals surface area contributed by atoms with E-state index in [2.05, 4.69) is 31.9 Å². The van der Waals surface area contributed by atoms with Crippen molar-refractivity contribution in [2.45, 2.75) is 19.4 Å². The number of halogens is 3. The second-order valence-electron chi connectivity index (χ2n) is 3.97. The van der Waals surface area contributed by atoms with Gasteiger partial charge in [0.1, 0.15) is 6.61 Å². The Morgan fingerprint density at radius 3 is 2.60 bits per heavy atom. The Morgan fingerprint density at radius 2 is 2.00 bits per heavy atom. The van der Waals surface area contributed by atoms with Crippen molar-refractivity contribution in [1.29, 1.82) is 0 Å². The van der Waals surface area contributed by atoms with E-state index in [-0.39, 0.29) is 0 Å². The van der Waals surface area contributed by atoms with Gasteiger partial charge in [-0.3, -0.25) is 0 Å². The van der Waals surface area contributed by atoms with Gasteiger partial charge in [-0.15, -0.1) is 22.9 Å². The molecule has 0 radical (unpaired) electrons. The average molecular weight is 441 g/mol. The van der Waals surface area contributed by atoms with Crippen molar-refractivity contribution < 1.29 is 9.47 Å². The van der Waals surface area contributed by atoms with Crippen LogP contribution in [0.2, 0.25) is 0 Å². The molecule has 2 rings (SSSR count). The fourth-order valence-electron chi connectivity index (χ4n) is 1.67. The second-order valence-corrected chi connectivity index (χ2v) is 7.64. The summed E-state index contributed by atoms with van der Waals surface area (Å²) in [5.74, 6) is 1.87. The normalized spacial score (nSPS) is 10.6. The van der Waals surface area contributed by atoms with E-state index in [1.807, 2.05) is 31.2 Å². The molecule has 0 N–H and O–H groups in total. The molecule has 20 heavy (non-hydrogen) atoms. The highest BCUT2D eigenvalue weighted by Gasteiger charge is 2.12. The van der Waals surface area contributed by atoms with E-state index in [0.717, 1.165) is 18.7 Å². The van der Waals surface area contributed by atoms with Crippen molar-refractivity contribution in [2.24, 2.45) is 0 Å². The molecule has 0 amide bonds. The lowest BCUT2D eigenvalue weighted by atomic mass is 10.2. The van der Waals surface area contributed by atoms with Gasteiger partial charge in [-0.1, -0.05) is 0 Å². The van der Waals surface area contributed by atoms with E-state index in [0.29, 0.717) is 30.6 Å². The van der Waals surface area contributed by atoms with Gasteiger partial charge in [-0.25, -0.2) is 0 Å². The van der Waals surface area contributed by atoms with Crippen LogP contribution in [0, 0.1) is 0 Å². The Balaban J connectivity index is 2.20. The maximum atomic E-state index is 5.89. The van der Waals surface area contributed by atoms with E-state index in [4.69, 9.17) is 21.1 Å². The molecule has 0 aliphatic heterocycles. The highest BCUT2D eigenvalue weighted by Crippen LogP contribution is 2.38. The maximum absolute atomic E-state index is 5.89. The second kappa shape index (κ2) is 7.69. The van der Waals surface area contributed by atoms with E-state index < -0.39 is 0 Å². The van der Waals surface area contributed by atoms with Crippen molar-refractivity contribution in [3.8, 4) is 11.5 Å². The van der Waals surface area contributed by atoms with Crippen LogP contribution in [0.15, 0.2) is 32.5 Å². The minimum atomic E-state index is 0.441. The summed E-state index contributed by atoms with van der Waals surface area (Å²) in [4.78, 5) is 1.15. The first kappa shape index (κ1) is 16.1. The maximum Gasteiger partial charge on any atom is 0.175 e. The van der Waals surface area contributed by atoms with E-state index in [1.165, 1.54) is 0 Å². The summed E-state index contributed by atoms with van der Waals surface area (Å²) in [6.07, 6.45) is 0. The third-order valence-corrected chi connectivity index (χ3v) is 5.01. The van der Waals surface area contributed by atoms with Crippen molar-refractivity contribution in [3.63, 3.8) is 0 Å². The number of ether oxygens (including phenoxy) is 2. The molecule has 1 aromatic heterocycles. The predicted molar refractivity (Wildman–Crippen MR) is 91.2 cm³/mol. The van der Waals surface area contributed by atoms with Crippen molar-refractivity contribution in [1.82, 2.24) is 0 Å². The molecule has 2 nitrogen and oxygen atoms in total. The Bertz CT molecular complexity index is 587. The van der Waals surface area contributed by atoms with Crippen LogP contribution in [-0.2, 0) is 12.5 Å². The standard InChI is InChI=1S/C14H13Br2ClO2S/c1-2-18-12-6-9(7-17)5-11(15)14(12)19-8-10-3-4-13(16)20-10/h3-6H,2,7-8H2,1H3. The van der Waals surface area contributed by atoms with Crippen LogP contribution in [0.4, 0.5) is 0 Å². The molecular weight excluding hydrogens is 427 g/mol. The van der Waals surface area contributed by atoms with Crippen molar-refractivity contribution in [3.05, 3.63) is 43.0 Å². The summed E-state index contributed by atoms with van der Waals surface area (Å²) in [7, 11) is 0. The van der Waals surface area contributed by atoms with Crippen LogP contribution in [0.3, 0.4) is 0 Å². The fraction of sp³-hybridized carbons (Fsp3) is 0.286. The molecule has 0 spiro atoms. The number of hydrogen-bond acceptors (Lipinski definition) is 3. The lowest BCUT2D eigenvalue weighted by Crippen LogP contribution is -2.00. The van der Waals surface area contributed by atoms with Crippen molar-refractivity contribution in [2.75, 3.05) is 6.61 Å². The summed E-state index contributed by atoms with van der Waals surface area (Å²) in [5, 5.41) is 0. The van der Waals surface area contributed by atoms with Crippen LogP contribution in [0.5, 0.6) is 11.5 Å². The number of thiophene rings is 1. The SMILES string of the molecule is CCOc1cc(CCl)cc(Br)c1OCc1ccc(Br)s1. The lowest BCUT2D eigenvalue weighted by Gasteiger charge is -2.14. The molecule has 0 bridgehead atoms. The van der Waals surface area contributed by atoms with Crippen LogP contribution in [-0.4, -0.2) is 6.61 Å². The van der Waals surface area contributed by atoms with Gasteiger partial charge in [-0.2, -0.15) is 0 Å². The molecule has 6 heteroatoms. The molecule has 0 fully saturated rings. The summed E-state index contributed by atoms with van der Waals surface area (Å²) < 4.78 is 13.5. The van der Waals surface area contributed by atoms with Crippen molar-refractivity contribution >= 4 is 54.8 Å². The van der Waals surface area contributed by atoms with Crippen LogP contribution < -0.4 is 9.47 Å². The molecule has 2 aromatic rings. The third-order valence-electron chi connectivity index (χ3n) is 2.51. The molecule has 1 aromatic carbocycles. The van der Waals surface area contributed by atoms with E-state index >= 15 is 0 Å². The van der Waals surface area contributed by atoms with Gasteiger partial charge in [0, 0.05) is 10.8 Å². The Kier molecular flexibility index (Phi) is 6.20. The number of rotatable bonds is 6. The zero-order valence-electron chi connectivity index (χ0n) is 10.8. The first-order valence-electron chi connectivity index (χ1n) is 6.02. The van der Waals surface area contributed by atoms with Gasteiger partial charge in [0.05, 0.1) is 14.9 Å². The highest BCUT2D eigenvalue weighted by atomic mass is 79.9. The highest BCUT2D eigenvalue weighted by molar-refractivity contribution is 9.11. The lowest BCUT2D eigenvalue weighted by molar-refractivity contribution is 0.269. The molecule has 0 unspecified atom stereocenters. The number of hydrogen-bond donors (Lipinski definition) is 0. The Labute approximate surface area is 144 Å².